The van der Waals surface area contributed by atoms with Crippen LogP contribution in [0.2, 0.25) is 0 Å². The maximum Gasteiger partial charge on any atom is 0.206 e. The fourth-order valence-corrected chi connectivity index (χ4v) is 3.01. The molecule has 1 N–H and O–H groups in total. The van der Waals surface area contributed by atoms with E-state index < -0.39 is 0 Å². The van der Waals surface area contributed by atoms with E-state index >= 15 is 0 Å². The van der Waals surface area contributed by atoms with Crippen LogP contribution in [0.4, 0.5) is 5.13 Å². The normalized spacial score (nSPS) is 12.1. The van der Waals surface area contributed by atoms with Crippen LogP contribution in [0.5, 0.6) is 0 Å². The quantitative estimate of drug-likeness (QED) is 0.810. The van der Waals surface area contributed by atoms with Gasteiger partial charge in [0, 0.05) is 10.8 Å². The Bertz CT molecular complexity index is 288. The molecular weight excluding hydrogens is 214 g/mol. The molecule has 1 heterocycles. The molecule has 0 saturated heterocycles. The summed E-state index contributed by atoms with van der Waals surface area (Å²) in [6, 6.07) is 0. The highest BCUT2D eigenvalue weighted by molar-refractivity contribution is 8.01. The van der Waals surface area contributed by atoms with Crippen molar-refractivity contribution in [2.24, 2.45) is 0 Å². The zero-order valence-corrected chi connectivity index (χ0v) is 10.9. The molecular formula is C9H17N3S2. The van der Waals surface area contributed by atoms with E-state index in [1.54, 1.807) is 23.1 Å². The minimum absolute atomic E-state index is 0.0549. The van der Waals surface area contributed by atoms with Gasteiger partial charge in [-0.15, -0.1) is 10.2 Å². The van der Waals surface area contributed by atoms with E-state index in [1.165, 1.54) is 0 Å². The van der Waals surface area contributed by atoms with Crippen molar-refractivity contribution >= 4 is 28.2 Å². The van der Waals surface area contributed by atoms with Gasteiger partial charge in [-0.2, -0.15) is 0 Å². The lowest BCUT2D eigenvalue weighted by atomic mass is 10.1. The summed E-state index contributed by atoms with van der Waals surface area (Å²) in [5, 5.41) is 13.0. The summed E-state index contributed by atoms with van der Waals surface area (Å²) < 4.78 is 1.03. The van der Waals surface area contributed by atoms with Crippen LogP contribution in [0.25, 0.3) is 0 Å². The van der Waals surface area contributed by atoms with Crippen LogP contribution in [0.1, 0.15) is 34.6 Å². The topological polar surface area (TPSA) is 37.8 Å². The number of rotatable bonds is 3. The Labute approximate surface area is 93.7 Å². The molecule has 80 valence electrons. The van der Waals surface area contributed by atoms with Crippen LogP contribution in [0.15, 0.2) is 4.34 Å². The van der Waals surface area contributed by atoms with Crippen molar-refractivity contribution < 1.29 is 0 Å². The highest BCUT2D eigenvalue weighted by atomic mass is 32.2. The second kappa shape index (κ2) is 4.49. The molecule has 1 rings (SSSR count). The summed E-state index contributed by atoms with van der Waals surface area (Å²) in [6.07, 6.45) is 0. The Hall–Kier alpha value is -0.290. The van der Waals surface area contributed by atoms with Crippen molar-refractivity contribution in [3.63, 3.8) is 0 Å². The second-order valence-corrected chi connectivity index (χ2v) is 7.22. The zero-order chi connectivity index (χ0) is 10.8. The first-order chi connectivity index (χ1) is 6.37. The summed E-state index contributed by atoms with van der Waals surface area (Å²) in [5.74, 6) is 0. The van der Waals surface area contributed by atoms with Crippen LogP contribution in [0.3, 0.4) is 0 Å². The molecule has 0 aromatic carbocycles. The number of nitrogens with one attached hydrogen (secondary N) is 1. The van der Waals surface area contributed by atoms with Gasteiger partial charge in [0.15, 0.2) is 4.34 Å². The van der Waals surface area contributed by atoms with E-state index in [0.29, 0.717) is 5.25 Å². The number of anilines is 1. The molecule has 0 aliphatic rings. The standard InChI is InChI=1S/C9H17N3S2/c1-6(2)13-8-12-11-7(14-8)10-9(3,4)5/h6H,1-5H3,(H,10,11). The average Bonchev–Trinajstić information content (AvgIpc) is 2.30. The molecule has 0 unspecified atom stereocenters. The van der Waals surface area contributed by atoms with Gasteiger partial charge in [0.2, 0.25) is 5.13 Å². The van der Waals surface area contributed by atoms with Crippen molar-refractivity contribution in [2.75, 3.05) is 5.32 Å². The fraction of sp³-hybridized carbons (Fsp3) is 0.778. The highest BCUT2D eigenvalue weighted by Gasteiger charge is 2.13. The van der Waals surface area contributed by atoms with Crippen molar-refractivity contribution in [3.05, 3.63) is 0 Å². The van der Waals surface area contributed by atoms with Gasteiger partial charge >= 0.3 is 0 Å². The number of nitrogens with zero attached hydrogens (tertiary/aromatic N) is 2. The first-order valence-electron chi connectivity index (χ1n) is 4.65. The summed E-state index contributed by atoms with van der Waals surface area (Å²) in [7, 11) is 0. The van der Waals surface area contributed by atoms with Gasteiger partial charge in [-0.1, -0.05) is 36.9 Å². The van der Waals surface area contributed by atoms with Gasteiger partial charge in [0.25, 0.3) is 0 Å². The minimum atomic E-state index is 0.0549. The number of hydrogen-bond acceptors (Lipinski definition) is 5. The summed E-state index contributed by atoms with van der Waals surface area (Å²) >= 11 is 3.37. The molecule has 3 nitrogen and oxygen atoms in total. The van der Waals surface area contributed by atoms with Crippen LogP contribution >= 0.6 is 23.1 Å². The van der Waals surface area contributed by atoms with E-state index in [0.717, 1.165) is 9.47 Å². The molecule has 5 heteroatoms. The molecule has 1 aromatic rings. The lowest BCUT2D eigenvalue weighted by molar-refractivity contribution is 0.631. The van der Waals surface area contributed by atoms with Crippen LogP contribution in [0, 0.1) is 0 Å². The van der Waals surface area contributed by atoms with Crippen LogP contribution in [-0.4, -0.2) is 21.0 Å². The number of aromatic nitrogens is 2. The fourth-order valence-electron chi connectivity index (χ4n) is 0.830. The maximum atomic E-state index is 4.11. The van der Waals surface area contributed by atoms with E-state index in [9.17, 15) is 0 Å². The first-order valence-corrected chi connectivity index (χ1v) is 6.35. The van der Waals surface area contributed by atoms with Crippen LogP contribution < -0.4 is 5.32 Å². The largest absolute Gasteiger partial charge is 0.355 e. The molecule has 1 aromatic heterocycles. The van der Waals surface area contributed by atoms with Gasteiger partial charge in [-0.25, -0.2) is 0 Å². The third-order valence-electron chi connectivity index (χ3n) is 1.22. The third-order valence-corrected chi connectivity index (χ3v) is 3.15. The molecule has 0 aliphatic carbocycles. The smallest absolute Gasteiger partial charge is 0.206 e. The summed E-state index contributed by atoms with van der Waals surface area (Å²) in [6.45, 7) is 10.7. The molecule has 0 spiro atoms. The SMILES string of the molecule is CC(C)Sc1nnc(NC(C)(C)C)s1. The molecule has 0 atom stereocenters. The number of hydrogen-bond donors (Lipinski definition) is 1. The number of thioether (sulfide) groups is 1. The van der Waals surface area contributed by atoms with Gasteiger partial charge in [-0.3, -0.25) is 0 Å². The van der Waals surface area contributed by atoms with Crippen molar-refractivity contribution in [1.29, 1.82) is 0 Å². The molecule has 14 heavy (non-hydrogen) atoms. The Balaban J connectivity index is 2.60. The average molecular weight is 231 g/mol. The second-order valence-electron chi connectivity index (χ2n) is 4.41. The van der Waals surface area contributed by atoms with Gasteiger partial charge in [-0.05, 0) is 20.8 Å². The molecule has 0 radical (unpaired) electrons. The van der Waals surface area contributed by atoms with Gasteiger partial charge in [0.1, 0.15) is 0 Å². The molecule has 0 fully saturated rings. The van der Waals surface area contributed by atoms with Gasteiger partial charge in [0.05, 0.1) is 0 Å². The highest BCUT2D eigenvalue weighted by Crippen LogP contribution is 2.29. The summed E-state index contributed by atoms with van der Waals surface area (Å²) in [4.78, 5) is 0. The molecule has 0 saturated carbocycles. The maximum absolute atomic E-state index is 4.11. The van der Waals surface area contributed by atoms with E-state index in [-0.39, 0.29) is 5.54 Å². The third kappa shape index (κ3) is 4.28. The van der Waals surface area contributed by atoms with Crippen molar-refractivity contribution in [2.45, 2.75) is 49.7 Å². The molecule has 0 amide bonds. The van der Waals surface area contributed by atoms with E-state index in [4.69, 9.17) is 0 Å². The van der Waals surface area contributed by atoms with Crippen molar-refractivity contribution in [3.8, 4) is 0 Å². The Kier molecular flexibility index (Phi) is 3.78. The lowest BCUT2D eigenvalue weighted by Gasteiger charge is -2.18. The molecule has 0 bridgehead atoms. The van der Waals surface area contributed by atoms with E-state index in [1.807, 2.05) is 0 Å². The first kappa shape index (κ1) is 11.8. The van der Waals surface area contributed by atoms with Gasteiger partial charge < -0.3 is 5.32 Å². The predicted octanol–water partition coefficient (Wildman–Crippen LogP) is 3.25. The Morgan fingerprint density at radius 1 is 1.29 bits per heavy atom. The zero-order valence-electron chi connectivity index (χ0n) is 9.29. The summed E-state index contributed by atoms with van der Waals surface area (Å²) in [5.41, 5.74) is 0.0549. The van der Waals surface area contributed by atoms with Crippen LogP contribution in [-0.2, 0) is 0 Å². The Morgan fingerprint density at radius 3 is 2.43 bits per heavy atom. The van der Waals surface area contributed by atoms with E-state index in [2.05, 4.69) is 50.1 Å². The predicted molar refractivity (Wildman–Crippen MR) is 64.3 cm³/mol. The Morgan fingerprint density at radius 2 is 1.93 bits per heavy atom. The molecule has 0 aliphatic heterocycles. The monoisotopic (exact) mass is 231 g/mol. The lowest BCUT2D eigenvalue weighted by Crippen LogP contribution is -2.25. The minimum Gasteiger partial charge on any atom is -0.355 e. The van der Waals surface area contributed by atoms with Crippen molar-refractivity contribution in [1.82, 2.24) is 10.2 Å².